The van der Waals surface area contributed by atoms with E-state index >= 15 is 0 Å². The number of carbonyl (C=O) groups is 1. The van der Waals surface area contributed by atoms with Gasteiger partial charge in [-0.25, -0.2) is 8.42 Å². The van der Waals surface area contributed by atoms with E-state index in [-0.39, 0.29) is 29.2 Å². The Labute approximate surface area is 169 Å². The number of carbonyl (C=O) groups excluding carboxylic acids is 1. The highest BCUT2D eigenvalue weighted by atomic mass is 32.2. The normalized spacial score (nSPS) is 24.8. The van der Waals surface area contributed by atoms with E-state index in [1.807, 2.05) is 19.1 Å². The van der Waals surface area contributed by atoms with E-state index in [9.17, 15) is 13.2 Å². The molecule has 2 saturated heterocycles. The van der Waals surface area contributed by atoms with Crippen LogP contribution in [0.2, 0.25) is 0 Å². The first-order valence-electron chi connectivity index (χ1n) is 10.2. The number of amides is 1. The highest BCUT2D eigenvalue weighted by Crippen LogP contribution is 2.24. The van der Waals surface area contributed by atoms with Crippen LogP contribution >= 0.6 is 0 Å². The molecule has 2 unspecified atom stereocenters. The van der Waals surface area contributed by atoms with Crippen LogP contribution in [-0.4, -0.2) is 73.9 Å². The Morgan fingerprint density at radius 1 is 1.11 bits per heavy atom. The molecule has 0 bridgehead atoms. The summed E-state index contributed by atoms with van der Waals surface area (Å²) in [5.74, 6) is 0.596. The predicted octanol–water partition coefficient (Wildman–Crippen LogP) is 2.12. The van der Waals surface area contributed by atoms with Gasteiger partial charge in [-0.3, -0.25) is 14.6 Å². The molecule has 6 nitrogen and oxygen atoms in total. The van der Waals surface area contributed by atoms with Gasteiger partial charge in [0.05, 0.1) is 17.5 Å². The van der Waals surface area contributed by atoms with Crippen LogP contribution in [0.25, 0.3) is 0 Å². The van der Waals surface area contributed by atoms with E-state index in [1.54, 1.807) is 0 Å². The molecule has 0 radical (unpaired) electrons. The van der Waals surface area contributed by atoms with Gasteiger partial charge < -0.3 is 5.32 Å². The van der Waals surface area contributed by atoms with Crippen molar-refractivity contribution in [3.63, 3.8) is 0 Å². The summed E-state index contributed by atoms with van der Waals surface area (Å²) in [7, 11) is -2.85. The summed E-state index contributed by atoms with van der Waals surface area (Å²) in [6.45, 7) is 11.7. The summed E-state index contributed by atoms with van der Waals surface area (Å²) in [5.41, 5.74) is 2.15. The van der Waals surface area contributed by atoms with Crippen molar-refractivity contribution in [2.75, 3.05) is 43.0 Å². The Balaban J connectivity index is 1.50. The van der Waals surface area contributed by atoms with Crippen LogP contribution in [0.1, 0.15) is 39.7 Å². The molecule has 1 aromatic rings. The first-order valence-corrected chi connectivity index (χ1v) is 12.0. The number of rotatable bonds is 4. The lowest BCUT2D eigenvalue weighted by atomic mass is 9.87. The van der Waals surface area contributed by atoms with Crippen LogP contribution in [-0.2, 0) is 20.0 Å². The second kappa shape index (κ2) is 8.13. The second-order valence-corrected chi connectivity index (χ2v) is 11.4. The molecule has 2 aliphatic rings. The molecular formula is C21H33N3O3S. The largest absolute Gasteiger partial charge is 0.325 e. The molecule has 2 heterocycles. The molecular weight excluding hydrogens is 374 g/mol. The van der Waals surface area contributed by atoms with Crippen molar-refractivity contribution < 1.29 is 13.2 Å². The standard InChI is InChI=1S/C21H33N3O3S/c1-16(20(25)22-18-7-5-17(6-8-18)21(2,3)4)23-10-12-24(13-11-23)19-9-14-28(26,27)15-19/h5-8,16,19H,9-15H2,1-4H3,(H,22,25). The average Bonchev–Trinajstić information content (AvgIpc) is 3.01. The zero-order valence-corrected chi connectivity index (χ0v) is 18.3. The molecule has 0 aromatic heterocycles. The summed E-state index contributed by atoms with van der Waals surface area (Å²) in [6, 6.07) is 7.99. The van der Waals surface area contributed by atoms with Gasteiger partial charge in [-0.1, -0.05) is 32.9 Å². The van der Waals surface area contributed by atoms with Gasteiger partial charge in [0, 0.05) is 37.9 Å². The third-order valence-electron chi connectivity index (χ3n) is 6.02. The number of anilines is 1. The van der Waals surface area contributed by atoms with Crippen LogP contribution < -0.4 is 5.32 Å². The number of benzene rings is 1. The molecule has 28 heavy (non-hydrogen) atoms. The van der Waals surface area contributed by atoms with E-state index in [4.69, 9.17) is 0 Å². The molecule has 1 amide bonds. The van der Waals surface area contributed by atoms with Crippen LogP contribution in [0, 0.1) is 0 Å². The van der Waals surface area contributed by atoms with Gasteiger partial charge in [0.1, 0.15) is 0 Å². The molecule has 3 rings (SSSR count). The number of nitrogens with one attached hydrogen (secondary N) is 1. The molecule has 2 fully saturated rings. The minimum absolute atomic E-state index is 0.000373. The zero-order chi connectivity index (χ0) is 20.5. The van der Waals surface area contributed by atoms with Crippen LogP contribution in [0.5, 0.6) is 0 Å². The number of hydrogen-bond acceptors (Lipinski definition) is 5. The van der Waals surface area contributed by atoms with Gasteiger partial charge in [-0.2, -0.15) is 0 Å². The summed E-state index contributed by atoms with van der Waals surface area (Å²) in [4.78, 5) is 17.1. The fourth-order valence-corrected chi connectivity index (χ4v) is 5.78. The lowest BCUT2D eigenvalue weighted by Gasteiger charge is -2.39. The van der Waals surface area contributed by atoms with Crippen molar-refractivity contribution in [3.05, 3.63) is 29.8 Å². The Morgan fingerprint density at radius 3 is 2.21 bits per heavy atom. The SMILES string of the molecule is CC(C(=O)Nc1ccc(C(C)(C)C)cc1)N1CCN(C2CCS(=O)(=O)C2)CC1. The molecule has 2 atom stereocenters. The van der Waals surface area contributed by atoms with Gasteiger partial charge in [-0.05, 0) is 36.5 Å². The molecule has 1 aromatic carbocycles. The minimum atomic E-state index is -2.85. The Kier molecular flexibility index (Phi) is 6.17. The van der Waals surface area contributed by atoms with E-state index in [0.29, 0.717) is 5.75 Å². The number of nitrogens with zero attached hydrogens (tertiary/aromatic N) is 2. The lowest BCUT2D eigenvalue weighted by Crippen LogP contribution is -2.55. The molecule has 0 spiro atoms. The maximum Gasteiger partial charge on any atom is 0.241 e. The van der Waals surface area contributed by atoms with Crippen molar-refractivity contribution in [2.24, 2.45) is 0 Å². The van der Waals surface area contributed by atoms with E-state index in [1.165, 1.54) is 5.56 Å². The third kappa shape index (κ3) is 5.13. The third-order valence-corrected chi connectivity index (χ3v) is 7.77. The van der Waals surface area contributed by atoms with E-state index in [0.717, 1.165) is 38.3 Å². The zero-order valence-electron chi connectivity index (χ0n) is 17.4. The lowest BCUT2D eigenvalue weighted by molar-refractivity contribution is -0.121. The fourth-order valence-electron chi connectivity index (χ4n) is 4.02. The summed E-state index contributed by atoms with van der Waals surface area (Å²) >= 11 is 0. The molecule has 0 saturated carbocycles. The number of sulfone groups is 1. The maximum absolute atomic E-state index is 12.7. The monoisotopic (exact) mass is 407 g/mol. The van der Waals surface area contributed by atoms with Gasteiger partial charge in [0.2, 0.25) is 5.91 Å². The maximum atomic E-state index is 12.7. The highest BCUT2D eigenvalue weighted by Gasteiger charge is 2.35. The average molecular weight is 408 g/mol. The molecule has 1 N–H and O–H groups in total. The van der Waals surface area contributed by atoms with E-state index < -0.39 is 9.84 Å². The predicted molar refractivity (Wildman–Crippen MR) is 113 cm³/mol. The Hall–Kier alpha value is -1.44. The molecule has 0 aliphatic carbocycles. The summed E-state index contributed by atoms with van der Waals surface area (Å²) in [5, 5.41) is 3.02. The Bertz CT molecular complexity index is 791. The topological polar surface area (TPSA) is 69.7 Å². The summed E-state index contributed by atoms with van der Waals surface area (Å²) in [6.07, 6.45) is 0.739. The second-order valence-electron chi connectivity index (χ2n) is 9.12. The van der Waals surface area contributed by atoms with Crippen LogP contribution in [0.4, 0.5) is 5.69 Å². The van der Waals surface area contributed by atoms with Crippen LogP contribution in [0.3, 0.4) is 0 Å². The first-order chi connectivity index (χ1) is 13.0. The van der Waals surface area contributed by atoms with Crippen molar-refractivity contribution in [1.82, 2.24) is 9.80 Å². The van der Waals surface area contributed by atoms with Crippen molar-refractivity contribution in [1.29, 1.82) is 0 Å². The quantitative estimate of drug-likeness (QED) is 0.828. The number of hydrogen-bond donors (Lipinski definition) is 1. The van der Waals surface area contributed by atoms with Crippen molar-refractivity contribution >= 4 is 21.4 Å². The number of piperazine rings is 1. The molecule has 2 aliphatic heterocycles. The van der Waals surface area contributed by atoms with Crippen LogP contribution in [0.15, 0.2) is 24.3 Å². The smallest absolute Gasteiger partial charge is 0.241 e. The van der Waals surface area contributed by atoms with Gasteiger partial charge >= 0.3 is 0 Å². The van der Waals surface area contributed by atoms with Crippen molar-refractivity contribution in [2.45, 2.75) is 51.6 Å². The molecule has 7 heteroatoms. The van der Waals surface area contributed by atoms with Crippen molar-refractivity contribution in [3.8, 4) is 0 Å². The van der Waals surface area contributed by atoms with E-state index in [2.05, 4.69) is 48.0 Å². The van der Waals surface area contributed by atoms with Gasteiger partial charge in [-0.15, -0.1) is 0 Å². The summed E-state index contributed by atoms with van der Waals surface area (Å²) < 4.78 is 23.4. The minimum Gasteiger partial charge on any atom is -0.325 e. The Morgan fingerprint density at radius 2 is 1.71 bits per heavy atom. The fraction of sp³-hybridized carbons (Fsp3) is 0.667. The van der Waals surface area contributed by atoms with Gasteiger partial charge in [0.25, 0.3) is 0 Å². The van der Waals surface area contributed by atoms with Gasteiger partial charge in [0.15, 0.2) is 9.84 Å². The first kappa shape index (κ1) is 21.3. The highest BCUT2D eigenvalue weighted by molar-refractivity contribution is 7.91. The molecule has 156 valence electrons.